The molecular formula is C18H24ClFN6O3. The molecule has 3 N–H and O–H groups in total. The number of nitrogens with zero attached hydrogens (tertiary/aromatic N) is 4. The van der Waals surface area contributed by atoms with E-state index < -0.39 is 5.82 Å². The second-order valence-corrected chi connectivity index (χ2v) is 7.33. The molecule has 2 unspecified atom stereocenters. The smallest absolute Gasteiger partial charge is 0.182 e. The summed E-state index contributed by atoms with van der Waals surface area (Å²) in [6.07, 6.45) is 0.443. The van der Waals surface area contributed by atoms with E-state index in [4.69, 9.17) is 21.0 Å². The Labute approximate surface area is 172 Å². The number of ether oxygens (including phenoxy) is 1. The second kappa shape index (κ2) is 10.1. The molecule has 0 amide bonds. The van der Waals surface area contributed by atoms with Gasteiger partial charge in [-0.05, 0) is 37.2 Å². The monoisotopic (exact) mass is 426 g/mol. The number of hydrogen-bond acceptors (Lipinski definition) is 8. The van der Waals surface area contributed by atoms with Gasteiger partial charge in [0.05, 0.1) is 22.9 Å². The van der Waals surface area contributed by atoms with E-state index in [1.54, 1.807) is 0 Å². The first kappa shape index (κ1) is 21.6. The molecule has 1 fully saturated rings. The number of aromatic nitrogens is 2. The van der Waals surface area contributed by atoms with Gasteiger partial charge in [0.1, 0.15) is 11.5 Å². The van der Waals surface area contributed by atoms with Crippen molar-refractivity contribution in [2.24, 2.45) is 4.99 Å². The molecule has 1 saturated heterocycles. The maximum Gasteiger partial charge on any atom is 0.182 e. The number of amidine groups is 1. The minimum Gasteiger partial charge on any atom is -0.373 e. The summed E-state index contributed by atoms with van der Waals surface area (Å²) in [5.41, 5.74) is 3.04. The van der Waals surface area contributed by atoms with Crippen LogP contribution in [0.3, 0.4) is 0 Å². The third-order valence-corrected chi connectivity index (χ3v) is 4.71. The zero-order valence-electron chi connectivity index (χ0n) is 16.2. The summed E-state index contributed by atoms with van der Waals surface area (Å²) in [7, 11) is 0. The largest absolute Gasteiger partial charge is 0.373 e. The Bertz CT molecular complexity index is 839. The highest BCUT2D eigenvalue weighted by molar-refractivity contribution is 6.31. The number of hydroxylamine groups is 1. The predicted molar refractivity (Wildman–Crippen MR) is 105 cm³/mol. The molecule has 1 aromatic heterocycles. The first-order chi connectivity index (χ1) is 14.0. The van der Waals surface area contributed by atoms with E-state index >= 15 is 0 Å². The summed E-state index contributed by atoms with van der Waals surface area (Å²) < 4.78 is 23.8. The van der Waals surface area contributed by atoms with Crippen LogP contribution in [0.2, 0.25) is 5.02 Å². The lowest BCUT2D eigenvalue weighted by molar-refractivity contribution is -0.0674. The summed E-state index contributed by atoms with van der Waals surface area (Å²) in [5.74, 6) is -0.539. The average Bonchev–Trinajstić information content (AvgIpc) is 3.13. The number of benzene rings is 1. The third-order valence-electron chi connectivity index (χ3n) is 4.42. The van der Waals surface area contributed by atoms with Crippen molar-refractivity contribution in [2.75, 3.05) is 26.2 Å². The predicted octanol–water partition coefficient (Wildman–Crippen LogP) is 2.12. The number of rotatable bonds is 7. The lowest BCUT2D eigenvalue weighted by atomic mass is 10.2. The van der Waals surface area contributed by atoms with Crippen LogP contribution < -0.4 is 10.8 Å². The van der Waals surface area contributed by atoms with Crippen LogP contribution in [-0.4, -0.2) is 64.6 Å². The molecule has 158 valence electrons. The maximum atomic E-state index is 13.3. The molecule has 11 heteroatoms. The van der Waals surface area contributed by atoms with Crippen molar-refractivity contribution in [3.63, 3.8) is 0 Å². The Hall–Kier alpha value is -2.11. The molecule has 2 atom stereocenters. The molecule has 0 spiro atoms. The second-order valence-electron chi connectivity index (χ2n) is 6.92. The van der Waals surface area contributed by atoms with E-state index in [-0.39, 0.29) is 28.8 Å². The lowest BCUT2D eigenvalue weighted by Crippen LogP contribution is -2.47. The topological polar surface area (TPSA) is 108 Å². The van der Waals surface area contributed by atoms with Crippen LogP contribution in [0.5, 0.6) is 0 Å². The molecule has 2 heterocycles. The van der Waals surface area contributed by atoms with Crippen molar-refractivity contribution >= 4 is 23.1 Å². The van der Waals surface area contributed by atoms with Gasteiger partial charge < -0.3 is 10.1 Å². The van der Waals surface area contributed by atoms with Crippen molar-refractivity contribution in [3.8, 4) is 0 Å². The number of nitrogens with one attached hydrogen (secondary N) is 2. The molecular weight excluding hydrogens is 403 g/mol. The Balaban J connectivity index is 1.59. The fourth-order valence-electron chi connectivity index (χ4n) is 3.23. The lowest BCUT2D eigenvalue weighted by Gasteiger charge is -2.35. The fourth-order valence-corrected chi connectivity index (χ4v) is 3.40. The van der Waals surface area contributed by atoms with Gasteiger partial charge >= 0.3 is 0 Å². The van der Waals surface area contributed by atoms with E-state index in [1.165, 1.54) is 18.2 Å². The van der Waals surface area contributed by atoms with Crippen LogP contribution in [0.15, 0.2) is 27.8 Å². The third kappa shape index (κ3) is 5.94. The van der Waals surface area contributed by atoms with E-state index in [0.29, 0.717) is 17.9 Å². The molecule has 0 bridgehead atoms. The number of halogens is 2. The highest BCUT2D eigenvalue weighted by atomic mass is 35.5. The molecule has 0 radical (unpaired) electrons. The molecule has 1 aromatic carbocycles. The average molecular weight is 427 g/mol. The standard InChI is InChI=1S/C18H24ClFN6O3/c1-11-9-26(10-12(2)28-11)6-5-21-8-16-17(25-29-24-16)18(23-27)22-13-3-4-15(20)14(19)7-13/h3-4,7,11-12,21,27H,5-6,8-10H2,1-2H3,(H,22,23). The maximum absolute atomic E-state index is 13.3. The van der Waals surface area contributed by atoms with E-state index in [1.807, 2.05) is 5.48 Å². The van der Waals surface area contributed by atoms with E-state index in [9.17, 15) is 9.60 Å². The quantitative estimate of drug-likeness (QED) is 0.267. The van der Waals surface area contributed by atoms with Gasteiger partial charge in [0, 0.05) is 32.7 Å². The Morgan fingerprint density at radius 3 is 2.79 bits per heavy atom. The van der Waals surface area contributed by atoms with Crippen LogP contribution >= 0.6 is 11.6 Å². The molecule has 29 heavy (non-hydrogen) atoms. The zero-order chi connectivity index (χ0) is 20.8. The molecule has 2 aromatic rings. The zero-order valence-corrected chi connectivity index (χ0v) is 17.0. The number of aliphatic imine (C=N–C) groups is 1. The Kier molecular flexibility index (Phi) is 7.51. The Morgan fingerprint density at radius 1 is 1.34 bits per heavy atom. The van der Waals surface area contributed by atoms with Crippen LogP contribution in [0.1, 0.15) is 25.2 Å². The minimum absolute atomic E-state index is 0.0153. The molecule has 9 nitrogen and oxygen atoms in total. The molecule has 3 rings (SSSR count). The summed E-state index contributed by atoms with van der Waals surface area (Å²) in [5, 5.41) is 20.3. The van der Waals surface area contributed by atoms with Crippen molar-refractivity contribution < 1.29 is 19.0 Å². The van der Waals surface area contributed by atoms with Gasteiger partial charge in [0.15, 0.2) is 11.5 Å². The minimum atomic E-state index is -0.554. The first-order valence-corrected chi connectivity index (χ1v) is 9.68. The summed E-state index contributed by atoms with van der Waals surface area (Å²) in [4.78, 5) is 6.53. The van der Waals surface area contributed by atoms with Gasteiger partial charge in [0.2, 0.25) is 0 Å². The summed E-state index contributed by atoms with van der Waals surface area (Å²) in [6, 6.07) is 3.95. The van der Waals surface area contributed by atoms with Gasteiger partial charge in [-0.2, -0.15) is 0 Å². The van der Waals surface area contributed by atoms with Gasteiger partial charge in [0.25, 0.3) is 0 Å². The van der Waals surface area contributed by atoms with E-state index in [0.717, 1.165) is 26.2 Å². The Morgan fingerprint density at radius 2 is 2.10 bits per heavy atom. The molecule has 1 aliphatic heterocycles. The highest BCUT2D eigenvalue weighted by Crippen LogP contribution is 2.22. The number of morpholine rings is 1. The van der Waals surface area contributed by atoms with Crippen LogP contribution in [0.4, 0.5) is 10.1 Å². The normalized spacial score (nSPS) is 20.8. The first-order valence-electron chi connectivity index (χ1n) is 9.30. The molecule has 1 aliphatic rings. The van der Waals surface area contributed by atoms with Gasteiger partial charge in [-0.1, -0.05) is 16.8 Å². The SMILES string of the molecule is CC1CN(CCNCc2nonc2C(=Nc2ccc(F)c(Cl)c2)NO)CC(C)O1. The summed E-state index contributed by atoms with van der Waals surface area (Å²) >= 11 is 5.77. The van der Waals surface area contributed by atoms with Gasteiger partial charge in [-0.3, -0.25) is 15.6 Å². The summed E-state index contributed by atoms with van der Waals surface area (Å²) in [6.45, 7) is 7.91. The van der Waals surface area contributed by atoms with E-state index in [2.05, 4.69) is 39.4 Å². The van der Waals surface area contributed by atoms with Crippen molar-refractivity contribution in [1.82, 2.24) is 26.0 Å². The van der Waals surface area contributed by atoms with Crippen LogP contribution in [0.25, 0.3) is 0 Å². The van der Waals surface area contributed by atoms with Gasteiger partial charge in [-0.25, -0.2) is 14.0 Å². The number of hydrogen-bond donors (Lipinski definition) is 3. The van der Waals surface area contributed by atoms with Crippen molar-refractivity contribution in [2.45, 2.75) is 32.6 Å². The highest BCUT2D eigenvalue weighted by Gasteiger charge is 2.22. The van der Waals surface area contributed by atoms with Crippen LogP contribution in [-0.2, 0) is 11.3 Å². The van der Waals surface area contributed by atoms with Crippen molar-refractivity contribution in [3.05, 3.63) is 40.4 Å². The van der Waals surface area contributed by atoms with Crippen LogP contribution in [0, 0.1) is 5.82 Å². The fraction of sp³-hybridized carbons (Fsp3) is 0.500. The molecule has 0 aliphatic carbocycles. The van der Waals surface area contributed by atoms with Gasteiger partial charge in [-0.15, -0.1) is 0 Å². The van der Waals surface area contributed by atoms with Crippen molar-refractivity contribution in [1.29, 1.82) is 0 Å². The molecule has 0 saturated carbocycles.